The van der Waals surface area contributed by atoms with Gasteiger partial charge < -0.3 is 20.1 Å². The molecule has 5 heteroatoms. The van der Waals surface area contributed by atoms with Crippen molar-refractivity contribution in [1.29, 1.82) is 0 Å². The van der Waals surface area contributed by atoms with E-state index in [9.17, 15) is 20.1 Å². The third-order valence-electron chi connectivity index (χ3n) is 6.73. The Kier molecular flexibility index (Phi) is 3.28. The van der Waals surface area contributed by atoms with Gasteiger partial charge in [-0.25, -0.2) is 0 Å². The van der Waals surface area contributed by atoms with Gasteiger partial charge in [-0.1, -0.05) is 34.1 Å². The quantitative estimate of drug-likeness (QED) is 0.537. The Morgan fingerprint density at radius 1 is 1.20 bits per heavy atom. The van der Waals surface area contributed by atoms with Crippen molar-refractivity contribution in [2.24, 2.45) is 11.3 Å². The van der Waals surface area contributed by atoms with Crippen LogP contribution < -0.4 is 0 Å². The minimum atomic E-state index is -0.985. The lowest BCUT2D eigenvalue weighted by Gasteiger charge is -2.51. The molecule has 2 bridgehead atoms. The van der Waals surface area contributed by atoms with Gasteiger partial charge in [0.25, 0.3) is 0 Å². The molecular formula is C20H26O5. The molecule has 1 saturated heterocycles. The van der Waals surface area contributed by atoms with Gasteiger partial charge in [-0.2, -0.15) is 0 Å². The van der Waals surface area contributed by atoms with Crippen LogP contribution in [-0.4, -0.2) is 27.4 Å². The fourth-order valence-electron chi connectivity index (χ4n) is 5.70. The largest absolute Gasteiger partial charge is 0.504 e. The van der Waals surface area contributed by atoms with E-state index < -0.39 is 17.6 Å². The van der Waals surface area contributed by atoms with Crippen LogP contribution in [-0.2, 0) is 14.9 Å². The minimum absolute atomic E-state index is 0.0179. The number of phenolic OH excluding ortho intramolecular Hbond substituents is 2. The SMILES string of the molecule is CC(C)c1cc2c(c(O)c1O)C13CCCC(C)(C)C1C(OC3=O)C2O. The summed E-state index contributed by atoms with van der Waals surface area (Å²) in [7, 11) is 0. The Bertz CT molecular complexity index is 766. The Hall–Kier alpha value is -1.75. The number of benzene rings is 1. The molecule has 0 spiro atoms. The standard InChI is InChI=1S/C20H26O5/c1-9(2)10-8-11-12(15(23)13(10)21)20-7-5-6-19(3,4)17(20)16(14(11)22)25-18(20)24/h8-9,14,16-17,21-23H,5-7H2,1-4H3. The average Bonchev–Trinajstić information content (AvgIpc) is 2.79. The first-order chi connectivity index (χ1) is 11.6. The highest BCUT2D eigenvalue weighted by molar-refractivity contribution is 5.90. The number of esters is 1. The van der Waals surface area contributed by atoms with E-state index >= 15 is 0 Å². The summed E-state index contributed by atoms with van der Waals surface area (Å²) >= 11 is 0. The fourth-order valence-corrected chi connectivity index (χ4v) is 5.70. The van der Waals surface area contributed by atoms with E-state index in [0.717, 1.165) is 12.8 Å². The van der Waals surface area contributed by atoms with Crippen LogP contribution in [0.1, 0.15) is 75.7 Å². The van der Waals surface area contributed by atoms with Crippen molar-refractivity contribution in [2.75, 3.05) is 0 Å². The van der Waals surface area contributed by atoms with Crippen LogP contribution in [0.2, 0.25) is 0 Å². The topological polar surface area (TPSA) is 87.0 Å². The Morgan fingerprint density at radius 2 is 1.88 bits per heavy atom. The number of fused-ring (bicyclic) bond motifs is 1. The van der Waals surface area contributed by atoms with Gasteiger partial charge in [0.2, 0.25) is 0 Å². The summed E-state index contributed by atoms with van der Waals surface area (Å²) in [6, 6.07) is 1.74. The highest BCUT2D eigenvalue weighted by Crippen LogP contribution is 2.66. The van der Waals surface area contributed by atoms with E-state index in [4.69, 9.17) is 4.74 Å². The first-order valence-corrected chi connectivity index (χ1v) is 9.11. The molecule has 0 radical (unpaired) electrons. The smallest absolute Gasteiger partial charge is 0.317 e. The van der Waals surface area contributed by atoms with Gasteiger partial charge in [0.05, 0.1) is 0 Å². The molecule has 0 amide bonds. The first kappa shape index (κ1) is 16.7. The summed E-state index contributed by atoms with van der Waals surface area (Å²) < 4.78 is 5.67. The number of ether oxygens (including phenoxy) is 1. The van der Waals surface area contributed by atoms with E-state index in [1.165, 1.54) is 0 Å². The number of carbonyl (C=O) groups excluding carboxylic acids is 1. The van der Waals surface area contributed by atoms with Crippen LogP contribution in [0.5, 0.6) is 11.5 Å². The summed E-state index contributed by atoms with van der Waals surface area (Å²) in [6.45, 7) is 8.02. The molecule has 1 heterocycles. The van der Waals surface area contributed by atoms with Crippen molar-refractivity contribution < 1.29 is 24.9 Å². The molecule has 3 N–H and O–H groups in total. The van der Waals surface area contributed by atoms with Crippen molar-refractivity contribution in [2.45, 2.75) is 70.5 Å². The summed E-state index contributed by atoms with van der Waals surface area (Å²) in [4.78, 5) is 13.0. The zero-order valence-corrected chi connectivity index (χ0v) is 15.2. The molecular weight excluding hydrogens is 320 g/mol. The average molecular weight is 346 g/mol. The van der Waals surface area contributed by atoms with Gasteiger partial charge >= 0.3 is 5.97 Å². The maximum atomic E-state index is 13.0. The summed E-state index contributed by atoms with van der Waals surface area (Å²) in [5.74, 6) is -1.05. The molecule has 2 fully saturated rings. The number of aliphatic hydroxyl groups is 1. The van der Waals surface area contributed by atoms with Crippen LogP contribution >= 0.6 is 0 Å². The van der Waals surface area contributed by atoms with E-state index in [0.29, 0.717) is 23.1 Å². The number of aliphatic hydroxyl groups excluding tert-OH is 1. The third-order valence-corrected chi connectivity index (χ3v) is 6.73. The van der Waals surface area contributed by atoms with Gasteiger partial charge in [0, 0.05) is 17.0 Å². The number of phenols is 2. The predicted molar refractivity (Wildman–Crippen MR) is 91.5 cm³/mol. The molecule has 5 nitrogen and oxygen atoms in total. The predicted octanol–water partition coefficient (Wildman–Crippen LogP) is 3.26. The van der Waals surface area contributed by atoms with E-state index in [-0.39, 0.29) is 34.7 Å². The van der Waals surface area contributed by atoms with E-state index in [1.807, 2.05) is 13.8 Å². The van der Waals surface area contributed by atoms with Gasteiger partial charge in [0.1, 0.15) is 17.6 Å². The second-order valence-electron chi connectivity index (χ2n) is 8.89. The Morgan fingerprint density at radius 3 is 2.52 bits per heavy atom. The van der Waals surface area contributed by atoms with Gasteiger partial charge in [-0.15, -0.1) is 0 Å². The van der Waals surface area contributed by atoms with Crippen molar-refractivity contribution in [3.8, 4) is 11.5 Å². The molecule has 4 rings (SSSR count). The molecule has 3 aliphatic rings. The Labute approximate surface area is 147 Å². The fraction of sp³-hybridized carbons (Fsp3) is 0.650. The lowest BCUT2D eigenvalue weighted by Crippen LogP contribution is -2.54. The molecule has 1 aliphatic heterocycles. The number of carbonyl (C=O) groups is 1. The van der Waals surface area contributed by atoms with Gasteiger partial charge in [0.15, 0.2) is 11.5 Å². The number of aromatic hydroxyl groups is 2. The third kappa shape index (κ3) is 1.85. The van der Waals surface area contributed by atoms with Gasteiger partial charge in [-0.05, 0) is 35.8 Å². The summed E-state index contributed by atoms with van der Waals surface area (Å²) in [6.07, 6.45) is 0.767. The van der Waals surface area contributed by atoms with Crippen LogP contribution in [0.15, 0.2) is 6.07 Å². The molecule has 1 aromatic carbocycles. The van der Waals surface area contributed by atoms with Crippen LogP contribution in [0.3, 0.4) is 0 Å². The molecule has 0 aromatic heterocycles. The first-order valence-electron chi connectivity index (χ1n) is 9.11. The highest BCUT2D eigenvalue weighted by atomic mass is 16.6. The summed E-state index contributed by atoms with van der Waals surface area (Å²) in [5.41, 5.74) is 0.319. The molecule has 2 aliphatic carbocycles. The van der Waals surface area contributed by atoms with E-state index in [2.05, 4.69) is 13.8 Å². The number of rotatable bonds is 1. The zero-order valence-electron chi connectivity index (χ0n) is 15.2. The van der Waals surface area contributed by atoms with Crippen molar-refractivity contribution in [1.82, 2.24) is 0 Å². The molecule has 136 valence electrons. The number of hydrogen-bond donors (Lipinski definition) is 3. The lowest BCUT2D eigenvalue weighted by atomic mass is 9.49. The molecule has 4 unspecified atom stereocenters. The Balaban J connectivity index is 2.06. The van der Waals surface area contributed by atoms with E-state index in [1.54, 1.807) is 6.07 Å². The van der Waals surface area contributed by atoms with Crippen LogP contribution in [0.25, 0.3) is 0 Å². The van der Waals surface area contributed by atoms with Crippen LogP contribution in [0, 0.1) is 11.3 Å². The number of hydrogen-bond acceptors (Lipinski definition) is 5. The van der Waals surface area contributed by atoms with Gasteiger partial charge in [-0.3, -0.25) is 4.79 Å². The molecule has 4 atom stereocenters. The maximum Gasteiger partial charge on any atom is 0.317 e. The second-order valence-corrected chi connectivity index (χ2v) is 8.89. The van der Waals surface area contributed by atoms with Crippen molar-refractivity contribution >= 4 is 5.97 Å². The van der Waals surface area contributed by atoms with Crippen LogP contribution in [0.4, 0.5) is 0 Å². The monoisotopic (exact) mass is 346 g/mol. The van der Waals surface area contributed by atoms with Crippen molar-refractivity contribution in [3.05, 3.63) is 22.8 Å². The minimum Gasteiger partial charge on any atom is -0.504 e. The summed E-state index contributed by atoms with van der Waals surface area (Å²) in [5, 5.41) is 32.4. The highest BCUT2D eigenvalue weighted by Gasteiger charge is 2.70. The second kappa shape index (κ2) is 4.91. The maximum absolute atomic E-state index is 13.0. The lowest BCUT2D eigenvalue weighted by molar-refractivity contribution is -0.148. The molecule has 1 aromatic rings. The normalized spacial score (nSPS) is 35.3. The molecule has 1 saturated carbocycles. The zero-order chi connectivity index (χ0) is 18.3. The molecule has 25 heavy (non-hydrogen) atoms. The van der Waals surface area contributed by atoms with Crippen molar-refractivity contribution in [3.63, 3.8) is 0 Å².